The van der Waals surface area contributed by atoms with Gasteiger partial charge in [0.15, 0.2) is 11.5 Å². The van der Waals surface area contributed by atoms with Crippen LogP contribution in [0.25, 0.3) is 5.69 Å². The normalized spacial score (nSPS) is 10.9. The zero-order valence-corrected chi connectivity index (χ0v) is 14.8. The fraction of sp³-hybridized carbons (Fsp3) is 0.250. The molecule has 130 valence electrons. The molecule has 0 unspecified atom stereocenters. The van der Waals surface area contributed by atoms with Crippen LogP contribution < -0.4 is 9.47 Å². The standard InChI is InChI=1S/C20H23N3O2/c1-22(15-17-8-7-11-19(24-2)20(17)25-3)13-16-12-21-23(14-16)18-9-5-4-6-10-18/h4-12,14H,13,15H2,1-3H3. The predicted octanol–water partition coefficient (Wildman–Crippen LogP) is 3.52. The second kappa shape index (κ2) is 7.85. The summed E-state index contributed by atoms with van der Waals surface area (Å²) in [5.74, 6) is 1.54. The molecule has 0 aliphatic heterocycles. The van der Waals surface area contributed by atoms with Crippen molar-refractivity contribution in [1.82, 2.24) is 14.7 Å². The molecule has 0 saturated carbocycles. The van der Waals surface area contributed by atoms with Gasteiger partial charge in [0.1, 0.15) is 0 Å². The quantitative estimate of drug-likeness (QED) is 0.661. The van der Waals surface area contributed by atoms with Crippen molar-refractivity contribution >= 4 is 0 Å². The van der Waals surface area contributed by atoms with E-state index >= 15 is 0 Å². The Morgan fingerprint density at radius 2 is 1.76 bits per heavy atom. The lowest BCUT2D eigenvalue weighted by Crippen LogP contribution is -2.17. The van der Waals surface area contributed by atoms with E-state index in [-0.39, 0.29) is 0 Å². The van der Waals surface area contributed by atoms with Crippen LogP contribution >= 0.6 is 0 Å². The number of methoxy groups -OCH3 is 2. The topological polar surface area (TPSA) is 39.5 Å². The van der Waals surface area contributed by atoms with Crippen molar-refractivity contribution in [3.05, 3.63) is 72.1 Å². The fourth-order valence-electron chi connectivity index (χ4n) is 2.90. The molecule has 0 radical (unpaired) electrons. The van der Waals surface area contributed by atoms with Crippen molar-refractivity contribution in [2.75, 3.05) is 21.3 Å². The van der Waals surface area contributed by atoms with Crippen LogP contribution in [0.15, 0.2) is 60.9 Å². The van der Waals surface area contributed by atoms with Crippen LogP contribution in [0, 0.1) is 0 Å². The van der Waals surface area contributed by atoms with Gasteiger partial charge in [-0.1, -0.05) is 30.3 Å². The Morgan fingerprint density at radius 1 is 0.960 bits per heavy atom. The molecule has 0 amide bonds. The molecule has 0 spiro atoms. The Kier molecular flexibility index (Phi) is 5.36. The van der Waals surface area contributed by atoms with Gasteiger partial charge in [-0.15, -0.1) is 0 Å². The van der Waals surface area contributed by atoms with Gasteiger partial charge in [-0.3, -0.25) is 4.90 Å². The maximum Gasteiger partial charge on any atom is 0.165 e. The van der Waals surface area contributed by atoms with Gasteiger partial charge in [0.05, 0.1) is 26.1 Å². The van der Waals surface area contributed by atoms with Crippen LogP contribution in [0.5, 0.6) is 11.5 Å². The first-order valence-electron chi connectivity index (χ1n) is 8.18. The molecule has 0 aliphatic carbocycles. The molecular weight excluding hydrogens is 314 g/mol. The van der Waals surface area contributed by atoms with Gasteiger partial charge in [-0.2, -0.15) is 5.10 Å². The van der Waals surface area contributed by atoms with E-state index in [0.717, 1.165) is 41.4 Å². The first-order chi connectivity index (χ1) is 12.2. The molecule has 3 rings (SSSR count). The highest BCUT2D eigenvalue weighted by atomic mass is 16.5. The largest absolute Gasteiger partial charge is 0.493 e. The van der Waals surface area contributed by atoms with Gasteiger partial charge in [0.25, 0.3) is 0 Å². The van der Waals surface area contributed by atoms with E-state index in [0.29, 0.717) is 0 Å². The number of benzene rings is 2. The highest BCUT2D eigenvalue weighted by Gasteiger charge is 2.12. The number of hydrogen-bond donors (Lipinski definition) is 0. The van der Waals surface area contributed by atoms with E-state index < -0.39 is 0 Å². The minimum Gasteiger partial charge on any atom is -0.493 e. The number of rotatable bonds is 7. The summed E-state index contributed by atoms with van der Waals surface area (Å²) in [5, 5.41) is 4.45. The van der Waals surface area contributed by atoms with Crippen LogP contribution in [0.3, 0.4) is 0 Å². The molecule has 1 aromatic heterocycles. The van der Waals surface area contributed by atoms with Gasteiger partial charge in [-0.05, 0) is 25.2 Å². The molecule has 2 aromatic carbocycles. The number of nitrogens with zero attached hydrogens (tertiary/aromatic N) is 3. The van der Waals surface area contributed by atoms with E-state index in [1.165, 1.54) is 0 Å². The van der Waals surface area contributed by atoms with Crippen LogP contribution in [0.4, 0.5) is 0 Å². The van der Waals surface area contributed by atoms with Gasteiger partial charge in [-0.25, -0.2) is 4.68 Å². The average Bonchev–Trinajstić information content (AvgIpc) is 3.10. The smallest absolute Gasteiger partial charge is 0.165 e. The van der Waals surface area contributed by atoms with E-state index in [2.05, 4.69) is 29.3 Å². The van der Waals surface area contributed by atoms with E-state index in [4.69, 9.17) is 9.47 Å². The molecule has 0 saturated heterocycles. The molecule has 25 heavy (non-hydrogen) atoms. The van der Waals surface area contributed by atoms with Gasteiger partial charge in [0.2, 0.25) is 0 Å². The van der Waals surface area contributed by atoms with Crippen molar-refractivity contribution in [2.45, 2.75) is 13.1 Å². The monoisotopic (exact) mass is 337 g/mol. The van der Waals surface area contributed by atoms with E-state index in [9.17, 15) is 0 Å². The third-order valence-electron chi connectivity index (χ3n) is 4.03. The molecule has 0 N–H and O–H groups in total. The van der Waals surface area contributed by atoms with Gasteiger partial charge in [0, 0.05) is 30.4 Å². The highest BCUT2D eigenvalue weighted by molar-refractivity contribution is 5.46. The maximum absolute atomic E-state index is 5.51. The van der Waals surface area contributed by atoms with E-state index in [1.807, 2.05) is 53.3 Å². The molecule has 5 nitrogen and oxygen atoms in total. The lowest BCUT2D eigenvalue weighted by Gasteiger charge is -2.19. The summed E-state index contributed by atoms with van der Waals surface area (Å²) in [6, 6.07) is 16.1. The zero-order chi connectivity index (χ0) is 17.6. The molecule has 0 fully saturated rings. The Morgan fingerprint density at radius 3 is 2.48 bits per heavy atom. The number of para-hydroxylation sites is 2. The summed E-state index contributed by atoms with van der Waals surface area (Å²) >= 11 is 0. The van der Waals surface area contributed by atoms with Gasteiger partial charge < -0.3 is 9.47 Å². The highest BCUT2D eigenvalue weighted by Crippen LogP contribution is 2.31. The second-order valence-electron chi connectivity index (χ2n) is 5.95. The molecular formula is C20H23N3O2. The first-order valence-corrected chi connectivity index (χ1v) is 8.18. The fourth-order valence-corrected chi connectivity index (χ4v) is 2.90. The Balaban J connectivity index is 1.69. The number of hydrogen-bond acceptors (Lipinski definition) is 4. The molecule has 5 heteroatoms. The molecule has 0 aliphatic rings. The average molecular weight is 337 g/mol. The van der Waals surface area contributed by atoms with Crippen molar-refractivity contribution in [1.29, 1.82) is 0 Å². The maximum atomic E-state index is 5.51. The van der Waals surface area contributed by atoms with Crippen LogP contribution in [0.2, 0.25) is 0 Å². The third-order valence-corrected chi connectivity index (χ3v) is 4.03. The minimum atomic E-state index is 0.755. The Hall–Kier alpha value is -2.79. The zero-order valence-electron chi connectivity index (χ0n) is 14.8. The number of aromatic nitrogens is 2. The molecule has 0 bridgehead atoms. The molecule has 3 aromatic rings. The summed E-state index contributed by atoms with van der Waals surface area (Å²) in [6.07, 6.45) is 3.97. The molecule has 1 heterocycles. The number of ether oxygens (including phenoxy) is 2. The van der Waals surface area contributed by atoms with Gasteiger partial charge >= 0.3 is 0 Å². The molecule has 0 atom stereocenters. The summed E-state index contributed by atoms with van der Waals surface area (Å²) in [7, 11) is 5.41. The minimum absolute atomic E-state index is 0.755. The summed E-state index contributed by atoms with van der Waals surface area (Å²) in [5.41, 5.74) is 3.32. The summed E-state index contributed by atoms with van der Waals surface area (Å²) in [4.78, 5) is 2.23. The van der Waals surface area contributed by atoms with Crippen molar-refractivity contribution in [2.24, 2.45) is 0 Å². The summed E-state index contributed by atoms with van der Waals surface area (Å²) < 4.78 is 12.8. The van der Waals surface area contributed by atoms with Crippen molar-refractivity contribution < 1.29 is 9.47 Å². The lowest BCUT2D eigenvalue weighted by atomic mass is 10.1. The van der Waals surface area contributed by atoms with Crippen LogP contribution in [0.1, 0.15) is 11.1 Å². The van der Waals surface area contributed by atoms with Crippen molar-refractivity contribution in [3.63, 3.8) is 0 Å². The van der Waals surface area contributed by atoms with E-state index in [1.54, 1.807) is 14.2 Å². The third kappa shape index (κ3) is 4.00. The summed E-state index contributed by atoms with van der Waals surface area (Å²) in [6.45, 7) is 1.56. The van der Waals surface area contributed by atoms with Crippen LogP contribution in [-0.2, 0) is 13.1 Å². The predicted molar refractivity (Wildman–Crippen MR) is 98.3 cm³/mol. The van der Waals surface area contributed by atoms with Crippen molar-refractivity contribution in [3.8, 4) is 17.2 Å². The van der Waals surface area contributed by atoms with Crippen LogP contribution in [-0.4, -0.2) is 35.9 Å². The first kappa shape index (κ1) is 17.0. The SMILES string of the molecule is COc1cccc(CN(C)Cc2cnn(-c3ccccc3)c2)c1OC. The second-order valence-corrected chi connectivity index (χ2v) is 5.95. The lowest BCUT2D eigenvalue weighted by molar-refractivity contribution is 0.303. The Labute approximate surface area is 148 Å². The Bertz CT molecular complexity index is 815.